The molecule has 0 aliphatic carbocycles. The molecule has 1 unspecified atom stereocenters. The molecule has 0 heterocycles. The lowest BCUT2D eigenvalue weighted by Gasteiger charge is -2.17. The standard InChI is InChI=1S/C8H19NO/c1-4-8(5-6-9)10-7(2)3/h7-8H,4-6,9H2,1-3H3. The minimum atomic E-state index is 0.330. The topological polar surface area (TPSA) is 35.2 Å². The summed E-state index contributed by atoms with van der Waals surface area (Å²) in [7, 11) is 0. The number of nitrogens with two attached hydrogens (primary N) is 1. The lowest BCUT2D eigenvalue weighted by Crippen LogP contribution is -2.20. The molecule has 0 aromatic heterocycles. The van der Waals surface area contributed by atoms with Gasteiger partial charge in [-0.3, -0.25) is 0 Å². The molecule has 2 nitrogen and oxygen atoms in total. The first kappa shape index (κ1) is 9.92. The Morgan fingerprint density at radius 2 is 2.00 bits per heavy atom. The van der Waals surface area contributed by atoms with Crippen LogP contribution in [-0.4, -0.2) is 18.8 Å². The summed E-state index contributed by atoms with van der Waals surface area (Å²) in [5.41, 5.74) is 5.40. The molecule has 2 N–H and O–H groups in total. The van der Waals surface area contributed by atoms with Crippen molar-refractivity contribution < 1.29 is 4.74 Å². The second kappa shape index (κ2) is 5.69. The zero-order valence-electron chi connectivity index (χ0n) is 7.26. The second-order valence-electron chi connectivity index (χ2n) is 2.79. The fourth-order valence-corrected chi connectivity index (χ4v) is 0.939. The second-order valence-corrected chi connectivity index (χ2v) is 2.79. The Bertz CT molecular complexity index is 73.7. The quantitative estimate of drug-likeness (QED) is 0.637. The van der Waals surface area contributed by atoms with Crippen LogP contribution in [0.5, 0.6) is 0 Å². The summed E-state index contributed by atoms with van der Waals surface area (Å²) in [5.74, 6) is 0. The fraction of sp³-hybridized carbons (Fsp3) is 1.00. The van der Waals surface area contributed by atoms with Crippen LogP contribution < -0.4 is 5.73 Å². The Kier molecular flexibility index (Phi) is 5.64. The van der Waals surface area contributed by atoms with E-state index in [1.807, 2.05) is 0 Å². The van der Waals surface area contributed by atoms with Gasteiger partial charge in [0.1, 0.15) is 0 Å². The van der Waals surface area contributed by atoms with Gasteiger partial charge < -0.3 is 10.5 Å². The van der Waals surface area contributed by atoms with Crippen molar-refractivity contribution in [2.75, 3.05) is 6.54 Å². The molecular formula is C8H19NO. The van der Waals surface area contributed by atoms with E-state index in [1.165, 1.54) is 0 Å². The maximum absolute atomic E-state index is 5.56. The van der Waals surface area contributed by atoms with E-state index in [0.29, 0.717) is 12.2 Å². The molecule has 1 atom stereocenters. The Labute approximate surface area is 63.7 Å². The van der Waals surface area contributed by atoms with Crippen LogP contribution in [-0.2, 0) is 4.74 Å². The summed E-state index contributed by atoms with van der Waals surface area (Å²) in [6.07, 6.45) is 2.74. The van der Waals surface area contributed by atoms with Gasteiger partial charge in [-0.1, -0.05) is 6.92 Å². The van der Waals surface area contributed by atoms with Crippen LogP contribution in [0.4, 0.5) is 0 Å². The largest absolute Gasteiger partial charge is 0.376 e. The van der Waals surface area contributed by atoms with Crippen LogP contribution in [0, 0.1) is 0 Å². The van der Waals surface area contributed by atoms with E-state index in [-0.39, 0.29) is 0 Å². The van der Waals surface area contributed by atoms with Crippen molar-refractivity contribution in [1.29, 1.82) is 0 Å². The van der Waals surface area contributed by atoms with Crippen LogP contribution in [0.3, 0.4) is 0 Å². The molecule has 0 rings (SSSR count). The first-order chi connectivity index (χ1) is 4.70. The Balaban J connectivity index is 3.39. The average molecular weight is 145 g/mol. The van der Waals surface area contributed by atoms with Gasteiger partial charge in [-0.25, -0.2) is 0 Å². The first-order valence-electron chi connectivity index (χ1n) is 4.06. The molecule has 0 spiro atoms. The summed E-state index contributed by atoms with van der Waals surface area (Å²) in [5, 5.41) is 0. The van der Waals surface area contributed by atoms with E-state index >= 15 is 0 Å². The van der Waals surface area contributed by atoms with E-state index < -0.39 is 0 Å². The van der Waals surface area contributed by atoms with E-state index in [2.05, 4.69) is 20.8 Å². The maximum Gasteiger partial charge on any atom is 0.0588 e. The Morgan fingerprint density at radius 3 is 2.30 bits per heavy atom. The number of hydrogen-bond donors (Lipinski definition) is 1. The van der Waals surface area contributed by atoms with E-state index in [1.54, 1.807) is 0 Å². The van der Waals surface area contributed by atoms with Crippen molar-refractivity contribution in [2.24, 2.45) is 5.73 Å². The summed E-state index contributed by atoms with van der Waals surface area (Å²) in [6, 6.07) is 0. The molecule has 0 aliphatic rings. The highest BCUT2D eigenvalue weighted by atomic mass is 16.5. The Hall–Kier alpha value is -0.0800. The fourth-order valence-electron chi connectivity index (χ4n) is 0.939. The molecule has 0 saturated carbocycles. The molecular weight excluding hydrogens is 126 g/mol. The van der Waals surface area contributed by atoms with Gasteiger partial charge in [0.2, 0.25) is 0 Å². The van der Waals surface area contributed by atoms with Crippen LogP contribution in [0.1, 0.15) is 33.6 Å². The molecule has 0 amide bonds. The maximum atomic E-state index is 5.56. The number of rotatable bonds is 5. The van der Waals surface area contributed by atoms with E-state index in [4.69, 9.17) is 10.5 Å². The van der Waals surface area contributed by atoms with Crippen molar-refractivity contribution >= 4 is 0 Å². The van der Waals surface area contributed by atoms with Gasteiger partial charge in [-0.05, 0) is 33.2 Å². The van der Waals surface area contributed by atoms with Crippen LogP contribution in [0.15, 0.2) is 0 Å². The van der Waals surface area contributed by atoms with E-state index in [0.717, 1.165) is 19.4 Å². The summed E-state index contributed by atoms with van der Waals surface area (Å²) in [6.45, 7) is 6.96. The normalized spacial score (nSPS) is 14.1. The smallest absolute Gasteiger partial charge is 0.0588 e. The minimum absolute atomic E-state index is 0.330. The lowest BCUT2D eigenvalue weighted by molar-refractivity contribution is 0.00282. The molecule has 0 radical (unpaired) electrons. The molecule has 2 heteroatoms. The monoisotopic (exact) mass is 145 g/mol. The van der Waals surface area contributed by atoms with Gasteiger partial charge in [-0.2, -0.15) is 0 Å². The molecule has 0 bridgehead atoms. The molecule has 0 aromatic rings. The van der Waals surface area contributed by atoms with Gasteiger partial charge in [-0.15, -0.1) is 0 Å². The third kappa shape index (κ3) is 4.77. The predicted molar refractivity (Wildman–Crippen MR) is 44.0 cm³/mol. The van der Waals surface area contributed by atoms with Crippen molar-refractivity contribution in [3.8, 4) is 0 Å². The van der Waals surface area contributed by atoms with Crippen molar-refractivity contribution in [3.05, 3.63) is 0 Å². The zero-order valence-corrected chi connectivity index (χ0v) is 7.26. The third-order valence-electron chi connectivity index (χ3n) is 1.41. The highest BCUT2D eigenvalue weighted by Crippen LogP contribution is 2.05. The summed E-state index contributed by atoms with van der Waals surface area (Å²) in [4.78, 5) is 0. The van der Waals surface area contributed by atoms with E-state index in [9.17, 15) is 0 Å². The summed E-state index contributed by atoms with van der Waals surface area (Å²) < 4.78 is 5.56. The third-order valence-corrected chi connectivity index (χ3v) is 1.41. The van der Waals surface area contributed by atoms with Crippen LogP contribution in [0.25, 0.3) is 0 Å². The van der Waals surface area contributed by atoms with Gasteiger partial charge in [0.15, 0.2) is 0 Å². The highest BCUT2D eigenvalue weighted by Gasteiger charge is 2.06. The van der Waals surface area contributed by atoms with Crippen LogP contribution >= 0.6 is 0 Å². The van der Waals surface area contributed by atoms with Crippen molar-refractivity contribution in [2.45, 2.75) is 45.8 Å². The average Bonchev–Trinajstić information content (AvgIpc) is 1.86. The molecule has 0 aromatic carbocycles. The predicted octanol–water partition coefficient (Wildman–Crippen LogP) is 1.54. The van der Waals surface area contributed by atoms with Gasteiger partial charge in [0.05, 0.1) is 12.2 Å². The lowest BCUT2D eigenvalue weighted by atomic mass is 10.2. The Morgan fingerprint density at radius 1 is 1.40 bits per heavy atom. The molecule has 0 saturated heterocycles. The van der Waals surface area contributed by atoms with Gasteiger partial charge in [0, 0.05) is 0 Å². The van der Waals surface area contributed by atoms with Crippen molar-refractivity contribution in [1.82, 2.24) is 0 Å². The zero-order chi connectivity index (χ0) is 7.98. The number of ether oxygens (including phenoxy) is 1. The molecule has 0 aliphatic heterocycles. The van der Waals surface area contributed by atoms with Crippen LogP contribution in [0.2, 0.25) is 0 Å². The molecule has 10 heavy (non-hydrogen) atoms. The minimum Gasteiger partial charge on any atom is -0.376 e. The van der Waals surface area contributed by atoms with Gasteiger partial charge in [0.25, 0.3) is 0 Å². The highest BCUT2D eigenvalue weighted by molar-refractivity contribution is 4.56. The molecule has 62 valence electrons. The van der Waals surface area contributed by atoms with Gasteiger partial charge >= 0.3 is 0 Å². The SMILES string of the molecule is CCC(CCN)OC(C)C. The summed E-state index contributed by atoms with van der Waals surface area (Å²) >= 11 is 0. The first-order valence-corrected chi connectivity index (χ1v) is 4.06. The van der Waals surface area contributed by atoms with Crippen molar-refractivity contribution in [3.63, 3.8) is 0 Å². The number of hydrogen-bond acceptors (Lipinski definition) is 2. The molecule has 0 fully saturated rings.